The number of likely N-dealkylation sites (tertiary alicyclic amines) is 1. The Morgan fingerprint density at radius 1 is 1.17 bits per heavy atom. The summed E-state index contributed by atoms with van der Waals surface area (Å²) in [5, 5.41) is 24.8. The standard InChI is InChI=1S/C24H26N2O3/c1-26-10-9-23-13-18-16(15-5-3-4-6-17(15)25-18)12-24(23,28)20(26)11-14-7-8-19(29-2)22(27)21(14)23/h3-8,20,25,27-28H,9-13H2,1-2H3/t20-,23-,24+/m0/s1. The molecule has 6 rings (SSSR count). The van der Waals surface area contributed by atoms with Gasteiger partial charge in [-0.2, -0.15) is 0 Å². The van der Waals surface area contributed by atoms with E-state index in [9.17, 15) is 10.2 Å². The van der Waals surface area contributed by atoms with Gasteiger partial charge in [-0.1, -0.05) is 24.3 Å². The largest absolute Gasteiger partial charge is 0.504 e. The highest BCUT2D eigenvalue weighted by molar-refractivity contribution is 5.85. The summed E-state index contributed by atoms with van der Waals surface area (Å²) in [5.74, 6) is 0.686. The van der Waals surface area contributed by atoms with Gasteiger partial charge in [0.15, 0.2) is 11.5 Å². The topological polar surface area (TPSA) is 68.7 Å². The number of piperidine rings is 1. The number of para-hydroxylation sites is 1. The summed E-state index contributed by atoms with van der Waals surface area (Å²) >= 11 is 0. The number of rotatable bonds is 1. The first kappa shape index (κ1) is 17.4. The van der Waals surface area contributed by atoms with Gasteiger partial charge in [-0.25, -0.2) is 0 Å². The Balaban J connectivity index is 1.66. The maximum absolute atomic E-state index is 12.4. The van der Waals surface area contributed by atoms with Crippen molar-refractivity contribution in [1.82, 2.24) is 9.88 Å². The zero-order valence-electron chi connectivity index (χ0n) is 16.8. The van der Waals surface area contributed by atoms with Crippen molar-refractivity contribution in [2.24, 2.45) is 0 Å². The van der Waals surface area contributed by atoms with Gasteiger partial charge in [0.25, 0.3) is 0 Å². The Labute approximate surface area is 169 Å². The van der Waals surface area contributed by atoms with Gasteiger partial charge >= 0.3 is 0 Å². The summed E-state index contributed by atoms with van der Waals surface area (Å²) in [4.78, 5) is 5.92. The molecule has 1 saturated heterocycles. The van der Waals surface area contributed by atoms with E-state index in [1.807, 2.05) is 12.1 Å². The van der Waals surface area contributed by atoms with Crippen LogP contribution in [0.25, 0.3) is 10.9 Å². The molecule has 3 aromatic rings. The number of phenols is 1. The van der Waals surface area contributed by atoms with E-state index in [1.165, 1.54) is 16.6 Å². The molecule has 29 heavy (non-hydrogen) atoms. The lowest BCUT2D eigenvalue weighted by atomic mass is 9.49. The number of likely N-dealkylation sites (N-methyl/N-ethyl adjacent to an activating group) is 1. The van der Waals surface area contributed by atoms with Crippen molar-refractivity contribution >= 4 is 10.9 Å². The monoisotopic (exact) mass is 390 g/mol. The number of fused-ring (bicyclic) bond motifs is 4. The third-order valence-electron chi connectivity index (χ3n) is 7.97. The fourth-order valence-corrected chi connectivity index (χ4v) is 6.58. The first-order chi connectivity index (χ1) is 14.0. The highest BCUT2D eigenvalue weighted by Crippen LogP contribution is 2.60. The van der Waals surface area contributed by atoms with Crippen LogP contribution >= 0.6 is 0 Å². The maximum atomic E-state index is 12.4. The number of ether oxygens (including phenoxy) is 1. The van der Waals surface area contributed by atoms with Crippen molar-refractivity contribution in [3.05, 3.63) is 58.8 Å². The van der Waals surface area contributed by atoms with Crippen molar-refractivity contribution in [2.75, 3.05) is 20.7 Å². The SMILES string of the molecule is COc1ccc2c(c1O)[C@@]13CCN(C)[C@@H](C2)[C@]1(O)Cc1c([nH]c2ccccc12)C3. The zero-order valence-corrected chi connectivity index (χ0v) is 16.8. The third kappa shape index (κ3) is 1.97. The molecule has 5 heteroatoms. The smallest absolute Gasteiger partial charge is 0.161 e. The van der Waals surface area contributed by atoms with Crippen LogP contribution in [0.4, 0.5) is 0 Å². The Morgan fingerprint density at radius 2 is 2.00 bits per heavy atom. The lowest BCUT2D eigenvalue weighted by Crippen LogP contribution is -2.73. The lowest BCUT2D eigenvalue weighted by Gasteiger charge is -2.63. The number of aromatic nitrogens is 1. The molecule has 0 spiro atoms. The van der Waals surface area contributed by atoms with Gasteiger partial charge in [0.2, 0.25) is 0 Å². The average Bonchev–Trinajstić information content (AvgIpc) is 3.05. The molecule has 1 aromatic heterocycles. The average molecular weight is 390 g/mol. The second-order valence-corrected chi connectivity index (χ2v) is 9.09. The molecule has 2 aromatic carbocycles. The molecule has 2 heterocycles. The number of aliphatic hydroxyl groups is 1. The molecule has 3 aliphatic rings. The summed E-state index contributed by atoms with van der Waals surface area (Å²) in [6.45, 7) is 0.901. The number of aromatic hydroxyl groups is 1. The van der Waals surface area contributed by atoms with Crippen LogP contribution < -0.4 is 4.74 Å². The highest BCUT2D eigenvalue weighted by atomic mass is 16.5. The van der Waals surface area contributed by atoms with Gasteiger partial charge in [-0.05, 0) is 49.7 Å². The molecule has 0 unspecified atom stereocenters. The Morgan fingerprint density at radius 3 is 2.83 bits per heavy atom. The highest BCUT2D eigenvalue weighted by Gasteiger charge is 2.65. The van der Waals surface area contributed by atoms with E-state index >= 15 is 0 Å². The van der Waals surface area contributed by atoms with E-state index < -0.39 is 11.0 Å². The molecule has 150 valence electrons. The number of phenolic OH excluding ortho intramolecular Hbond substituents is 1. The van der Waals surface area contributed by atoms with Crippen molar-refractivity contribution in [2.45, 2.75) is 42.7 Å². The summed E-state index contributed by atoms with van der Waals surface area (Å²) < 4.78 is 5.45. The molecule has 3 atom stereocenters. The Bertz CT molecular complexity index is 1150. The van der Waals surface area contributed by atoms with E-state index in [4.69, 9.17) is 4.74 Å². The van der Waals surface area contributed by atoms with Crippen molar-refractivity contribution in [3.8, 4) is 11.5 Å². The molecule has 1 aliphatic heterocycles. The first-order valence-corrected chi connectivity index (χ1v) is 10.4. The number of methoxy groups -OCH3 is 1. The molecule has 2 aliphatic carbocycles. The van der Waals surface area contributed by atoms with Crippen LogP contribution in [0.1, 0.15) is 28.8 Å². The summed E-state index contributed by atoms with van der Waals surface area (Å²) in [7, 11) is 3.70. The van der Waals surface area contributed by atoms with Crippen LogP contribution in [0.15, 0.2) is 36.4 Å². The summed E-state index contributed by atoms with van der Waals surface area (Å²) in [6, 6.07) is 12.3. The Kier molecular flexibility index (Phi) is 3.33. The molecule has 2 bridgehead atoms. The zero-order chi connectivity index (χ0) is 20.0. The van der Waals surface area contributed by atoms with Gasteiger partial charge < -0.3 is 24.8 Å². The predicted molar refractivity (Wildman–Crippen MR) is 112 cm³/mol. The number of hydrogen-bond acceptors (Lipinski definition) is 4. The molecular formula is C24H26N2O3. The van der Waals surface area contributed by atoms with Crippen molar-refractivity contribution < 1.29 is 14.9 Å². The molecule has 3 N–H and O–H groups in total. The quantitative estimate of drug-likeness (QED) is 0.598. The van der Waals surface area contributed by atoms with Gasteiger partial charge in [-0.3, -0.25) is 0 Å². The van der Waals surface area contributed by atoms with Crippen molar-refractivity contribution in [1.29, 1.82) is 0 Å². The van der Waals surface area contributed by atoms with Gasteiger partial charge in [-0.15, -0.1) is 0 Å². The number of benzene rings is 2. The van der Waals surface area contributed by atoms with E-state index in [1.54, 1.807) is 7.11 Å². The molecule has 0 saturated carbocycles. The minimum Gasteiger partial charge on any atom is -0.504 e. The van der Waals surface area contributed by atoms with Crippen LogP contribution in [0.2, 0.25) is 0 Å². The molecular weight excluding hydrogens is 364 g/mol. The number of nitrogens with one attached hydrogen (secondary N) is 1. The summed E-state index contributed by atoms with van der Waals surface area (Å²) in [6.07, 6.45) is 2.83. The number of H-pyrrole nitrogens is 1. The third-order valence-corrected chi connectivity index (χ3v) is 7.97. The lowest BCUT2D eigenvalue weighted by molar-refractivity contribution is -0.145. The van der Waals surface area contributed by atoms with Crippen LogP contribution in [-0.4, -0.2) is 52.4 Å². The summed E-state index contributed by atoms with van der Waals surface area (Å²) in [5.41, 5.74) is 4.10. The van der Waals surface area contributed by atoms with Gasteiger partial charge in [0, 0.05) is 46.5 Å². The Hall–Kier alpha value is -2.50. The van der Waals surface area contributed by atoms with E-state index in [0.717, 1.165) is 36.0 Å². The first-order valence-electron chi connectivity index (χ1n) is 10.4. The number of hydrogen-bond donors (Lipinski definition) is 3. The van der Waals surface area contributed by atoms with Crippen LogP contribution in [-0.2, 0) is 24.7 Å². The molecule has 0 radical (unpaired) electrons. The van der Waals surface area contributed by atoms with Crippen molar-refractivity contribution in [3.63, 3.8) is 0 Å². The number of aromatic amines is 1. The van der Waals surface area contributed by atoms with Gasteiger partial charge in [0.1, 0.15) is 0 Å². The predicted octanol–water partition coefficient (Wildman–Crippen LogP) is 2.91. The van der Waals surface area contributed by atoms with E-state index in [2.05, 4.69) is 41.2 Å². The minimum absolute atomic E-state index is 0.0263. The molecule has 5 nitrogen and oxygen atoms in total. The normalized spacial score (nSPS) is 30.5. The maximum Gasteiger partial charge on any atom is 0.161 e. The minimum atomic E-state index is -0.936. The number of nitrogens with zero attached hydrogens (tertiary/aromatic N) is 1. The fraction of sp³-hybridized carbons (Fsp3) is 0.417. The van der Waals surface area contributed by atoms with Gasteiger partial charge in [0.05, 0.1) is 12.7 Å². The van der Waals surface area contributed by atoms with Crippen LogP contribution in [0.3, 0.4) is 0 Å². The fourth-order valence-electron chi connectivity index (χ4n) is 6.58. The second-order valence-electron chi connectivity index (χ2n) is 9.09. The van der Waals surface area contributed by atoms with E-state index in [-0.39, 0.29) is 11.8 Å². The second kappa shape index (κ2) is 5.55. The molecule has 0 amide bonds. The van der Waals surface area contributed by atoms with Crippen LogP contribution in [0, 0.1) is 0 Å². The van der Waals surface area contributed by atoms with Crippen LogP contribution in [0.5, 0.6) is 11.5 Å². The molecule has 1 fully saturated rings. The van der Waals surface area contributed by atoms with E-state index in [0.29, 0.717) is 18.6 Å².